The third-order valence-corrected chi connectivity index (χ3v) is 6.95. The van der Waals surface area contributed by atoms with Gasteiger partial charge in [-0.05, 0) is 50.8 Å². The summed E-state index contributed by atoms with van der Waals surface area (Å²) in [6.07, 6.45) is 5.94. The zero-order valence-corrected chi connectivity index (χ0v) is 18.1. The monoisotopic (exact) mass is 413 g/mol. The van der Waals surface area contributed by atoms with Crippen LogP contribution in [0.25, 0.3) is 0 Å². The van der Waals surface area contributed by atoms with Gasteiger partial charge in [0.05, 0.1) is 11.1 Å². The molecule has 4 rings (SSSR count). The molecular formula is C24H32FN3O2. The largest absolute Gasteiger partial charge is 0.361 e. The fourth-order valence-electron chi connectivity index (χ4n) is 5.14. The van der Waals surface area contributed by atoms with Crippen LogP contribution in [0.4, 0.5) is 4.39 Å². The molecule has 1 aromatic heterocycles. The van der Waals surface area contributed by atoms with Crippen molar-refractivity contribution in [2.24, 2.45) is 0 Å². The van der Waals surface area contributed by atoms with Crippen molar-refractivity contribution in [1.29, 1.82) is 0 Å². The summed E-state index contributed by atoms with van der Waals surface area (Å²) in [5.74, 6) is 0.858. The molecule has 0 bridgehead atoms. The molecule has 1 saturated heterocycles. The van der Waals surface area contributed by atoms with Gasteiger partial charge < -0.3 is 9.42 Å². The van der Waals surface area contributed by atoms with E-state index in [0.717, 1.165) is 87.4 Å². The molecular weight excluding hydrogens is 381 g/mol. The number of aryl methyl sites for hydroxylation is 2. The number of hydrogen-bond donors (Lipinski definition) is 0. The van der Waals surface area contributed by atoms with Gasteiger partial charge in [0.1, 0.15) is 11.6 Å². The Morgan fingerprint density at radius 1 is 1.03 bits per heavy atom. The molecule has 2 aliphatic rings. The Kier molecular flexibility index (Phi) is 6.23. The molecule has 1 amide bonds. The van der Waals surface area contributed by atoms with Gasteiger partial charge in [-0.1, -0.05) is 36.6 Å². The van der Waals surface area contributed by atoms with Gasteiger partial charge in [-0.15, -0.1) is 0 Å². The second kappa shape index (κ2) is 8.88. The van der Waals surface area contributed by atoms with Crippen molar-refractivity contribution in [3.63, 3.8) is 0 Å². The van der Waals surface area contributed by atoms with E-state index in [2.05, 4.69) is 15.0 Å². The van der Waals surface area contributed by atoms with Crippen molar-refractivity contribution >= 4 is 5.91 Å². The Balaban J connectivity index is 1.49. The SMILES string of the molecule is Cc1noc(C)c1CN1CCCN(C(=O)C2(c3ccc(F)cc3)CCCCC2)CC1. The Labute approximate surface area is 178 Å². The summed E-state index contributed by atoms with van der Waals surface area (Å²) in [6, 6.07) is 6.62. The number of carbonyl (C=O) groups is 1. The van der Waals surface area contributed by atoms with Gasteiger partial charge in [0.15, 0.2) is 0 Å². The molecule has 0 radical (unpaired) electrons. The van der Waals surface area contributed by atoms with Gasteiger partial charge >= 0.3 is 0 Å². The van der Waals surface area contributed by atoms with E-state index in [9.17, 15) is 9.18 Å². The Morgan fingerprint density at radius 2 is 1.77 bits per heavy atom. The molecule has 1 aliphatic heterocycles. The highest BCUT2D eigenvalue weighted by atomic mass is 19.1. The van der Waals surface area contributed by atoms with E-state index in [4.69, 9.17) is 4.52 Å². The number of amides is 1. The number of nitrogens with zero attached hydrogens (tertiary/aromatic N) is 3. The van der Waals surface area contributed by atoms with E-state index in [0.29, 0.717) is 0 Å². The summed E-state index contributed by atoms with van der Waals surface area (Å²) >= 11 is 0. The van der Waals surface area contributed by atoms with Crippen LogP contribution in [-0.4, -0.2) is 47.0 Å². The highest BCUT2D eigenvalue weighted by molar-refractivity contribution is 5.88. The van der Waals surface area contributed by atoms with Crippen molar-refractivity contribution in [1.82, 2.24) is 15.0 Å². The molecule has 0 unspecified atom stereocenters. The lowest BCUT2D eigenvalue weighted by Crippen LogP contribution is -2.49. The van der Waals surface area contributed by atoms with E-state index in [1.165, 1.54) is 18.6 Å². The molecule has 1 saturated carbocycles. The third-order valence-electron chi connectivity index (χ3n) is 6.95. The molecule has 1 aliphatic carbocycles. The van der Waals surface area contributed by atoms with Gasteiger partial charge in [0, 0.05) is 38.3 Å². The van der Waals surface area contributed by atoms with Crippen LogP contribution in [0, 0.1) is 19.7 Å². The van der Waals surface area contributed by atoms with Crippen LogP contribution in [-0.2, 0) is 16.8 Å². The maximum absolute atomic E-state index is 13.8. The van der Waals surface area contributed by atoms with Crippen LogP contribution < -0.4 is 0 Å². The van der Waals surface area contributed by atoms with Crippen LogP contribution in [0.2, 0.25) is 0 Å². The molecule has 162 valence electrons. The highest BCUT2D eigenvalue weighted by Gasteiger charge is 2.43. The first kappa shape index (κ1) is 21.0. The quantitative estimate of drug-likeness (QED) is 0.747. The molecule has 2 fully saturated rings. The van der Waals surface area contributed by atoms with Crippen LogP contribution in [0.5, 0.6) is 0 Å². The van der Waals surface area contributed by atoms with E-state index < -0.39 is 5.41 Å². The van der Waals surface area contributed by atoms with E-state index in [-0.39, 0.29) is 11.7 Å². The average Bonchev–Trinajstić information content (AvgIpc) is 2.95. The van der Waals surface area contributed by atoms with Gasteiger partial charge in [-0.2, -0.15) is 0 Å². The summed E-state index contributed by atoms with van der Waals surface area (Å²) in [6.45, 7) is 8.05. The first-order valence-electron chi connectivity index (χ1n) is 11.2. The van der Waals surface area contributed by atoms with Crippen molar-refractivity contribution < 1.29 is 13.7 Å². The molecule has 6 heteroatoms. The predicted octanol–water partition coefficient (Wildman–Crippen LogP) is 4.37. The Hall–Kier alpha value is -2.21. The number of benzene rings is 1. The summed E-state index contributed by atoms with van der Waals surface area (Å²) in [4.78, 5) is 18.3. The molecule has 30 heavy (non-hydrogen) atoms. The lowest BCUT2D eigenvalue weighted by atomic mass is 9.68. The van der Waals surface area contributed by atoms with Crippen molar-refractivity contribution in [2.75, 3.05) is 26.2 Å². The zero-order chi connectivity index (χ0) is 21.1. The van der Waals surface area contributed by atoms with Crippen LogP contribution in [0.1, 0.15) is 61.1 Å². The van der Waals surface area contributed by atoms with Crippen LogP contribution >= 0.6 is 0 Å². The molecule has 5 nitrogen and oxygen atoms in total. The minimum atomic E-state index is -0.497. The van der Waals surface area contributed by atoms with E-state index >= 15 is 0 Å². The van der Waals surface area contributed by atoms with Crippen molar-refractivity contribution in [2.45, 2.75) is 64.3 Å². The normalized spacial score (nSPS) is 20.2. The van der Waals surface area contributed by atoms with Gasteiger partial charge in [0.25, 0.3) is 0 Å². The van der Waals surface area contributed by atoms with Gasteiger partial charge in [-0.3, -0.25) is 9.69 Å². The number of halogens is 1. The first-order chi connectivity index (χ1) is 14.5. The second-order valence-corrected chi connectivity index (χ2v) is 8.87. The summed E-state index contributed by atoms with van der Waals surface area (Å²) in [5, 5.41) is 4.07. The molecule has 0 N–H and O–H groups in total. The average molecular weight is 414 g/mol. The number of hydrogen-bond acceptors (Lipinski definition) is 4. The van der Waals surface area contributed by atoms with Crippen molar-refractivity contribution in [3.05, 3.63) is 52.7 Å². The maximum atomic E-state index is 13.8. The maximum Gasteiger partial charge on any atom is 0.233 e. The third kappa shape index (κ3) is 4.15. The molecule has 1 aromatic carbocycles. The van der Waals surface area contributed by atoms with Crippen LogP contribution in [0.15, 0.2) is 28.8 Å². The molecule has 0 spiro atoms. The lowest BCUT2D eigenvalue weighted by molar-refractivity contribution is -0.138. The summed E-state index contributed by atoms with van der Waals surface area (Å²) in [7, 11) is 0. The number of rotatable bonds is 4. The first-order valence-corrected chi connectivity index (χ1v) is 11.2. The molecule has 0 atom stereocenters. The minimum absolute atomic E-state index is 0.230. The van der Waals surface area contributed by atoms with Crippen molar-refractivity contribution in [3.8, 4) is 0 Å². The predicted molar refractivity (Wildman–Crippen MR) is 114 cm³/mol. The topological polar surface area (TPSA) is 49.6 Å². The fourth-order valence-corrected chi connectivity index (χ4v) is 5.14. The smallest absolute Gasteiger partial charge is 0.233 e. The summed E-state index contributed by atoms with van der Waals surface area (Å²) < 4.78 is 18.8. The zero-order valence-electron chi connectivity index (χ0n) is 18.1. The molecule has 2 heterocycles. The fraction of sp³-hybridized carbons (Fsp3) is 0.583. The molecule has 2 aromatic rings. The number of aromatic nitrogens is 1. The van der Waals surface area contributed by atoms with Crippen LogP contribution in [0.3, 0.4) is 0 Å². The highest BCUT2D eigenvalue weighted by Crippen LogP contribution is 2.41. The Morgan fingerprint density at radius 3 is 2.43 bits per heavy atom. The summed E-state index contributed by atoms with van der Waals surface area (Å²) in [5.41, 5.74) is 2.58. The van der Waals surface area contributed by atoms with Gasteiger partial charge in [-0.25, -0.2) is 4.39 Å². The van der Waals surface area contributed by atoms with Gasteiger partial charge in [0.2, 0.25) is 5.91 Å². The minimum Gasteiger partial charge on any atom is -0.361 e. The Bertz CT molecular complexity index is 852. The van der Waals surface area contributed by atoms with E-state index in [1.807, 2.05) is 26.0 Å². The van der Waals surface area contributed by atoms with E-state index in [1.54, 1.807) is 0 Å². The number of carbonyl (C=O) groups excluding carboxylic acids is 1. The second-order valence-electron chi connectivity index (χ2n) is 8.87. The lowest BCUT2D eigenvalue weighted by Gasteiger charge is -2.40. The standard InChI is InChI=1S/C24H32FN3O2/c1-18-22(19(2)30-26-18)17-27-13-6-14-28(16-15-27)23(29)24(11-4-3-5-12-24)20-7-9-21(25)10-8-20/h7-10H,3-6,11-17H2,1-2H3.